The van der Waals surface area contributed by atoms with Crippen LogP contribution in [0.5, 0.6) is 0 Å². The third kappa shape index (κ3) is 22.2. The minimum absolute atomic E-state index is 0.0142. The van der Waals surface area contributed by atoms with Crippen LogP contribution < -0.4 is 0 Å². The molecule has 2 rings (SSSR count). The molecule has 0 aliphatic carbocycles. The first-order chi connectivity index (χ1) is 20.0. The number of ether oxygens (including phenoxy) is 1. The number of hydrogen-bond donors (Lipinski definition) is 0. The summed E-state index contributed by atoms with van der Waals surface area (Å²) in [4.78, 5) is 0. The van der Waals surface area contributed by atoms with Crippen molar-refractivity contribution in [3.8, 4) is 0 Å². The molecule has 0 aliphatic rings. The second-order valence-corrected chi connectivity index (χ2v) is 12.2. The van der Waals surface area contributed by atoms with Crippen molar-refractivity contribution >= 4 is 46.5 Å². The van der Waals surface area contributed by atoms with Gasteiger partial charge in [0.2, 0.25) is 0 Å². The van der Waals surface area contributed by atoms with Gasteiger partial charge in [0.05, 0.1) is 20.1 Å². The molecule has 242 valence electrons. The Bertz CT molecular complexity index is 985. The van der Waals surface area contributed by atoms with E-state index in [1.165, 1.54) is 24.3 Å². The van der Waals surface area contributed by atoms with Crippen LogP contribution in [0.1, 0.15) is 73.4 Å². The van der Waals surface area contributed by atoms with E-state index in [0.717, 1.165) is 14.5 Å². The van der Waals surface area contributed by atoms with Gasteiger partial charge in [-0.25, -0.2) is 8.78 Å². The molecule has 0 aliphatic heterocycles. The van der Waals surface area contributed by atoms with Crippen LogP contribution in [0, 0.1) is 18.6 Å². The summed E-state index contributed by atoms with van der Waals surface area (Å²) in [7, 11) is 0.222. The maximum atomic E-state index is 13.2. The summed E-state index contributed by atoms with van der Waals surface area (Å²) in [5.41, 5.74) is 1.54. The van der Waals surface area contributed by atoms with Crippen molar-refractivity contribution in [2.75, 3.05) is 7.11 Å². The monoisotopic (exact) mass is 737 g/mol. The van der Waals surface area contributed by atoms with Gasteiger partial charge in [-0.05, 0) is 103 Å². The van der Waals surface area contributed by atoms with Gasteiger partial charge >= 0.3 is 14.6 Å². The van der Waals surface area contributed by atoms with Crippen molar-refractivity contribution in [1.82, 2.24) is 0 Å². The Balaban J connectivity index is 0.000000645. The highest BCUT2D eigenvalue weighted by Crippen LogP contribution is 2.20. The van der Waals surface area contributed by atoms with Crippen molar-refractivity contribution in [2.24, 2.45) is 0 Å². The SMILES string of the molecule is CC(C)OB(OCc1cc(F)ccc1Br)OC(C)C.COCc1cc(F)ccc1Br.[CH2+]C(C)OB(OC(C)C)OC(C)C. The second kappa shape index (κ2) is 23.3. The van der Waals surface area contributed by atoms with Gasteiger partial charge in [-0.2, -0.15) is 0 Å². The zero-order valence-electron chi connectivity index (χ0n) is 27.0. The summed E-state index contributed by atoms with van der Waals surface area (Å²) in [5, 5.41) is 0. The molecule has 0 N–H and O–H groups in total. The molecule has 0 spiro atoms. The number of rotatable bonds is 15. The number of hydrogen-bond acceptors (Lipinski definition) is 7. The average molecular weight is 739 g/mol. The topological polar surface area (TPSA) is 64.6 Å². The van der Waals surface area contributed by atoms with E-state index in [2.05, 4.69) is 38.8 Å². The summed E-state index contributed by atoms with van der Waals surface area (Å²) in [5.74, 6) is -0.534. The van der Waals surface area contributed by atoms with Gasteiger partial charge in [0, 0.05) is 47.4 Å². The van der Waals surface area contributed by atoms with Gasteiger partial charge < -0.3 is 32.7 Å². The number of halogens is 4. The van der Waals surface area contributed by atoms with Crippen LogP contribution in [0.3, 0.4) is 0 Å². The fourth-order valence-electron chi connectivity index (χ4n) is 2.91. The van der Waals surface area contributed by atoms with Crippen LogP contribution in [0.4, 0.5) is 8.78 Å². The summed E-state index contributed by atoms with van der Waals surface area (Å²) in [6, 6.07) is 8.99. The Morgan fingerprint density at radius 3 is 1.35 bits per heavy atom. The van der Waals surface area contributed by atoms with Crippen LogP contribution in [-0.2, 0) is 45.9 Å². The van der Waals surface area contributed by atoms with E-state index in [4.69, 9.17) is 32.7 Å². The lowest BCUT2D eigenvalue weighted by Crippen LogP contribution is -2.34. The van der Waals surface area contributed by atoms with Gasteiger partial charge in [0.1, 0.15) is 11.6 Å². The van der Waals surface area contributed by atoms with E-state index in [1.54, 1.807) is 19.2 Å². The molecular weight excluding hydrogens is 692 g/mol. The minimum Gasteiger partial charge on any atom is -0.384 e. The lowest BCUT2D eigenvalue weighted by molar-refractivity contribution is 0.0389. The summed E-state index contributed by atoms with van der Waals surface area (Å²) >= 11 is 6.64. The molecule has 1 unspecified atom stereocenters. The summed E-state index contributed by atoms with van der Waals surface area (Å²) in [6.45, 7) is 21.6. The van der Waals surface area contributed by atoms with E-state index in [1.807, 2.05) is 62.3 Å². The van der Waals surface area contributed by atoms with E-state index in [0.29, 0.717) is 12.2 Å². The molecule has 0 radical (unpaired) electrons. The predicted octanol–water partition coefficient (Wildman–Crippen LogP) is 8.73. The third-order valence-corrected chi connectivity index (χ3v) is 6.11. The van der Waals surface area contributed by atoms with E-state index < -0.39 is 14.6 Å². The maximum Gasteiger partial charge on any atom is 0.643 e. The van der Waals surface area contributed by atoms with Crippen LogP contribution in [0.2, 0.25) is 0 Å². The highest BCUT2D eigenvalue weighted by atomic mass is 79.9. The summed E-state index contributed by atoms with van der Waals surface area (Å²) in [6.07, 6.45) is 0.00639. The molecule has 0 amide bonds. The highest BCUT2D eigenvalue weighted by molar-refractivity contribution is 9.10. The lowest BCUT2D eigenvalue weighted by atomic mass is 10.1. The van der Waals surface area contributed by atoms with Crippen molar-refractivity contribution < 1.29 is 41.4 Å². The van der Waals surface area contributed by atoms with Gasteiger partial charge in [0.15, 0.2) is 6.10 Å². The molecule has 43 heavy (non-hydrogen) atoms. The lowest BCUT2D eigenvalue weighted by Gasteiger charge is -2.19. The molecule has 13 heteroatoms. The number of benzene rings is 2. The maximum absolute atomic E-state index is 13.2. The Kier molecular flexibility index (Phi) is 22.8. The Labute approximate surface area is 275 Å². The van der Waals surface area contributed by atoms with E-state index in [9.17, 15) is 8.78 Å². The fourth-order valence-corrected chi connectivity index (χ4v) is 3.63. The molecule has 0 aromatic heterocycles. The Hall–Kier alpha value is -1.02. The average Bonchev–Trinajstić information content (AvgIpc) is 2.86. The van der Waals surface area contributed by atoms with Crippen LogP contribution in [0.15, 0.2) is 45.3 Å². The molecule has 7 nitrogen and oxygen atoms in total. The van der Waals surface area contributed by atoms with Crippen molar-refractivity contribution in [1.29, 1.82) is 0 Å². The molecule has 0 fully saturated rings. The molecule has 1 atom stereocenters. The molecule has 0 saturated carbocycles. The van der Waals surface area contributed by atoms with Crippen LogP contribution in [-0.4, -0.2) is 52.3 Å². The smallest absolute Gasteiger partial charge is 0.384 e. The number of methoxy groups -OCH3 is 1. The quantitative estimate of drug-likeness (QED) is 0.134. The zero-order chi connectivity index (χ0) is 33.1. The van der Waals surface area contributed by atoms with Crippen LogP contribution in [0.25, 0.3) is 0 Å². The molecule has 0 saturated heterocycles. The first-order valence-electron chi connectivity index (χ1n) is 14.1. The molecule has 2 aromatic rings. The second-order valence-electron chi connectivity index (χ2n) is 10.5. The Morgan fingerprint density at radius 2 is 1.00 bits per heavy atom. The fraction of sp³-hybridized carbons (Fsp3) is 0.567. The largest absolute Gasteiger partial charge is 0.643 e. The standard InChI is InChI=1S/C13H19BBrFO3.C9H20BO3.C8H8BrFO/c1-9(2)18-14(19-10(3)4)17-8-11-7-12(16)5-6-13(11)15;1-7(2)11-10(12-8(3)4)13-9(5)6;1-11-5-6-4-7(10)2-3-8(6)9/h5-7,9-10H,8H2,1-4H3;7-9H,1H2,2-6H3;2-4H,5H2,1H3/q;+1;. The molecule has 0 bridgehead atoms. The summed E-state index contributed by atoms with van der Waals surface area (Å²) < 4.78 is 64.9. The first kappa shape index (κ1) is 42.0. The highest BCUT2D eigenvalue weighted by Gasteiger charge is 2.27. The van der Waals surface area contributed by atoms with Gasteiger partial charge in [0.25, 0.3) is 0 Å². The molecule has 2 aromatic carbocycles. The molecule has 0 heterocycles. The van der Waals surface area contributed by atoms with Crippen molar-refractivity contribution in [2.45, 2.75) is 106 Å². The van der Waals surface area contributed by atoms with Gasteiger partial charge in [-0.3, -0.25) is 0 Å². The van der Waals surface area contributed by atoms with E-state index >= 15 is 0 Å². The van der Waals surface area contributed by atoms with Crippen molar-refractivity contribution in [3.63, 3.8) is 0 Å². The molecular formula is C30H47B2Br2F2O7+. The minimum atomic E-state index is -0.754. The van der Waals surface area contributed by atoms with Crippen LogP contribution >= 0.6 is 31.9 Å². The predicted molar refractivity (Wildman–Crippen MR) is 176 cm³/mol. The van der Waals surface area contributed by atoms with Gasteiger partial charge in [-0.15, -0.1) is 0 Å². The first-order valence-corrected chi connectivity index (χ1v) is 15.7. The zero-order valence-corrected chi connectivity index (χ0v) is 30.2. The normalized spacial score (nSPS) is 11.8. The van der Waals surface area contributed by atoms with E-state index in [-0.39, 0.29) is 48.8 Å². The Morgan fingerprint density at radius 1 is 0.628 bits per heavy atom. The van der Waals surface area contributed by atoms with Crippen molar-refractivity contribution in [3.05, 3.63) is 75.0 Å². The van der Waals surface area contributed by atoms with Gasteiger partial charge in [-0.1, -0.05) is 31.9 Å². The third-order valence-electron chi connectivity index (χ3n) is 4.57.